The fraction of sp³-hybridized carbons (Fsp3) is 0.438. The van der Waals surface area contributed by atoms with Crippen LogP contribution in [0.15, 0.2) is 30.3 Å². The average Bonchev–Trinajstić information content (AvgIpc) is 2.49. The summed E-state index contributed by atoms with van der Waals surface area (Å²) in [5.74, 6) is 1.86. The maximum atomic E-state index is 5.86. The van der Waals surface area contributed by atoms with Crippen LogP contribution in [0.5, 0.6) is 0 Å². The zero-order valence-electron chi connectivity index (χ0n) is 12.4. The summed E-state index contributed by atoms with van der Waals surface area (Å²) in [6, 6.07) is 10.4. The minimum Gasteiger partial charge on any atom is -0.368 e. The number of nitrogens with two attached hydrogens (primary N) is 1. The number of rotatable bonds is 5. The topological polar surface area (TPSA) is 64.7 Å². The number of hydrogen-bond acceptors (Lipinski definition) is 4. The highest BCUT2D eigenvalue weighted by Gasteiger charge is 2.34. The fourth-order valence-corrected chi connectivity index (χ4v) is 2.67. The Morgan fingerprint density at radius 3 is 2.15 bits per heavy atom. The molecule has 0 atom stereocenters. The lowest BCUT2D eigenvalue weighted by Gasteiger charge is -2.31. The van der Waals surface area contributed by atoms with Crippen LogP contribution in [0.2, 0.25) is 0 Å². The van der Waals surface area contributed by atoms with Crippen molar-refractivity contribution in [3.63, 3.8) is 0 Å². The van der Waals surface area contributed by atoms with Crippen molar-refractivity contribution in [2.24, 2.45) is 0 Å². The molecule has 1 aromatic heterocycles. The highest BCUT2D eigenvalue weighted by Crippen LogP contribution is 2.36. The first kappa shape index (κ1) is 14.4. The van der Waals surface area contributed by atoms with Gasteiger partial charge in [-0.3, -0.25) is 0 Å². The van der Waals surface area contributed by atoms with Crippen LogP contribution in [0.25, 0.3) is 0 Å². The smallest absolute Gasteiger partial charge is 0.223 e. The van der Waals surface area contributed by atoms with Crippen LogP contribution >= 0.6 is 0 Å². The molecule has 2 rings (SSSR count). The van der Waals surface area contributed by atoms with Gasteiger partial charge in [0.1, 0.15) is 11.6 Å². The van der Waals surface area contributed by atoms with Crippen molar-refractivity contribution in [1.29, 1.82) is 0 Å². The molecule has 1 aromatic carbocycles. The molecule has 0 aliphatic rings. The maximum absolute atomic E-state index is 5.86. The molecule has 4 heteroatoms. The summed E-state index contributed by atoms with van der Waals surface area (Å²) < 4.78 is 0. The van der Waals surface area contributed by atoms with E-state index in [0.717, 1.165) is 30.9 Å². The van der Waals surface area contributed by atoms with E-state index in [1.165, 1.54) is 5.56 Å². The van der Waals surface area contributed by atoms with Gasteiger partial charge >= 0.3 is 0 Å². The fourth-order valence-electron chi connectivity index (χ4n) is 2.67. The Bertz CT molecular complexity index is 562. The lowest BCUT2D eigenvalue weighted by atomic mass is 9.75. The van der Waals surface area contributed by atoms with Gasteiger partial charge in [-0.1, -0.05) is 51.1 Å². The quantitative estimate of drug-likeness (QED) is 0.906. The first-order valence-corrected chi connectivity index (χ1v) is 7.22. The second-order valence-corrected chi connectivity index (χ2v) is 4.94. The molecule has 0 radical (unpaired) electrons. The zero-order valence-corrected chi connectivity index (χ0v) is 12.4. The molecular formula is C16H22N4. The van der Waals surface area contributed by atoms with Crippen LogP contribution < -0.4 is 5.73 Å². The standard InChI is InChI=1S/C16H22N4/c1-4-13-18-14(20-15(17)19-13)16(5-2,6-3)12-10-8-7-9-11-12/h7-11H,4-6H2,1-3H3,(H2,17,18,19,20). The van der Waals surface area contributed by atoms with Crippen LogP contribution in [0, 0.1) is 0 Å². The summed E-state index contributed by atoms with van der Waals surface area (Å²) in [4.78, 5) is 13.3. The van der Waals surface area contributed by atoms with Crippen molar-refractivity contribution >= 4 is 5.95 Å². The summed E-state index contributed by atoms with van der Waals surface area (Å²) in [7, 11) is 0. The van der Waals surface area contributed by atoms with Crippen molar-refractivity contribution in [3.05, 3.63) is 47.5 Å². The van der Waals surface area contributed by atoms with Crippen LogP contribution in [-0.2, 0) is 11.8 Å². The zero-order chi connectivity index (χ0) is 14.6. The van der Waals surface area contributed by atoms with E-state index >= 15 is 0 Å². The van der Waals surface area contributed by atoms with Gasteiger partial charge < -0.3 is 5.73 Å². The van der Waals surface area contributed by atoms with E-state index in [9.17, 15) is 0 Å². The third kappa shape index (κ3) is 2.50. The largest absolute Gasteiger partial charge is 0.368 e. The maximum Gasteiger partial charge on any atom is 0.223 e. The Morgan fingerprint density at radius 1 is 0.950 bits per heavy atom. The minimum atomic E-state index is -0.192. The molecule has 0 spiro atoms. The lowest BCUT2D eigenvalue weighted by molar-refractivity contribution is 0.445. The molecule has 1 heterocycles. The van der Waals surface area contributed by atoms with E-state index in [4.69, 9.17) is 5.73 Å². The summed E-state index contributed by atoms with van der Waals surface area (Å²) in [5.41, 5.74) is 6.90. The highest BCUT2D eigenvalue weighted by atomic mass is 15.1. The van der Waals surface area contributed by atoms with Gasteiger partial charge in [-0.15, -0.1) is 0 Å². The number of anilines is 1. The summed E-state index contributed by atoms with van der Waals surface area (Å²) in [6.07, 6.45) is 2.62. The van der Waals surface area contributed by atoms with Crippen molar-refractivity contribution in [1.82, 2.24) is 15.0 Å². The molecule has 20 heavy (non-hydrogen) atoms. The molecule has 2 N–H and O–H groups in total. The van der Waals surface area contributed by atoms with Gasteiger partial charge in [-0.25, -0.2) is 4.98 Å². The second kappa shape index (κ2) is 5.99. The summed E-state index contributed by atoms with van der Waals surface area (Å²) in [6.45, 7) is 6.37. The second-order valence-electron chi connectivity index (χ2n) is 4.94. The number of nitrogen functional groups attached to an aromatic ring is 1. The van der Waals surface area contributed by atoms with Gasteiger partial charge in [0.2, 0.25) is 5.95 Å². The molecular weight excluding hydrogens is 248 g/mol. The molecule has 4 nitrogen and oxygen atoms in total. The molecule has 0 saturated heterocycles. The van der Waals surface area contributed by atoms with E-state index in [0.29, 0.717) is 5.95 Å². The molecule has 2 aromatic rings. The van der Waals surface area contributed by atoms with Gasteiger partial charge in [0.05, 0.1) is 5.41 Å². The third-order valence-corrected chi connectivity index (χ3v) is 3.98. The average molecular weight is 270 g/mol. The van der Waals surface area contributed by atoms with Crippen molar-refractivity contribution in [3.8, 4) is 0 Å². The first-order chi connectivity index (χ1) is 9.66. The van der Waals surface area contributed by atoms with Gasteiger partial charge in [-0.2, -0.15) is 9.97 Å². The van der Waals surface area contributed by atoms with Gasteiger partial charge in [0.15, 0.2) is 0 Å². The van der Waals surface area contributed by atoms with E-state index in [1.54, 1.807) is 0 Å². The Hall–Kier alpha value is -1.97. The lowest BCUT2D eigenvalue weighted by Crippen LogP contribution is -2.30. The van der Waals surface area contributed by atoms with Crippen LogP contribution in [-0.4, -0.2) is 15.0 Å². The van der Waals surface area contributed by atoms with Crippen molar-refractivity contribution < 1.29 is 0 Å². The van der Waals surface area contributed by atoms with E-state index in [1.807, 2.05) is 13.0 Å². The molecule has 106 valence electrons. The predicted molar refractivity (Wildman–Crippen MR) is 81.4 cm³/mol. The van der Waals surface area contributed by atoms with Crippen LogP contribution in [0.3, 0.4) is 0 Å². The molecule has 0 aliphatic heterocycles. The number of nitrogens with zero attached hydrogens (tertiary/aromatic N) is 3. The monoisotopic (exact) mass is 270 g/mol. The van der Waals surface area contributed by atoms with Gasteiger partial charge in [-0.05, 0) is 18.4 Å². The number of hydrogen-bond donors (Lipinski definition) is 1. The number of aromatic nitrogens is 3. The normalized spacial score (nSPS) is 11.6. The van der Waals surface area contributed by atoms with Crippen molar-refractivity contribution in [2.45, 2.75) is 45.4 Å². The Kier molecular flexibility index (Phi) is 4.32. The Morgan fingerprint density at radius 2 is 1.60 bits per heavy atom. The molecule has 0 amide bonds. The van der Waals surface area contributed by atoms with Gasteiger partial charge in [0, 0.05) is 6.42 Å². The molecule has 0 unspecified atom stereocenters. The number of benzene rings is 1. The number of aryl methyl sites for hydroxylation is 1. The van der Waals surface area contributed by atoms with Gasteiger partial charge in [0.25, 0.3) is 0 Å². The summed E-state index contributed by atoms with van der Waals surface area (Å²) >= 11 is 0. The molecule has 0 aliphatic carbocycles. The van der Waals surface area contributed by atoms with Crippen LogP contribution in [0.4, 0.5) is 5.95 Å². The predicted octanol–water partition coefficient (Wildman–Crippen LogP) is 3.12. The molecule has 0 saturated carbocycles. The Labute approximate surface area is 120 Å². The van der Waals surface area contributed by atoms with E-state index in [2.05, 4.69) is 53.1 Å². The molecule has 0 bridgehead atoms. The molecule has 0 fully saturated rings. The third-order valence-electron chi connectivity index (χ3n) is 3.98. The minimum absolute atomic E-state index is 0.192. The first-order valence-electron chi connectivity index (χ1n) is 7.22. The Balaban J connectivity index is 2.62. The van der Waals surface area contributed by atoms with Crippen molar-refractivity contribution in [2.75, 3.05) is 5.73 Å². The highest BCUT2D eigenvalue weighted by molar-refractivity contribution is 5.34. The SMILES string of the molecule is CCc1nc(N)nc(C(CC)(CC)c2ccccc2)n1. The van der Waals surface area contributed by atoms with E-state index in [-0.39, 0.29) is 5.41 Å². The van der Waals surface area contributed by atoms with E-state index < -0.39 is 0 Å². The summed E-state index contributed by atoms with van der Waals surface area (Å²) in [5, 5.41) is 0. The van der Waals surface area contributed by atoms with Crippen LogP contribution in [0.1, 0.15) is 50.8 Å².